The third-order valence-electron chi connectivity index (χ3n) is 7.88. The molecule has 0 aromatic carbocycles. The SMILES string of the molecule is CCCCCCNC(=O)C(CSSCCC(=O)NCc1cn(C2CC(O)C(COP(=O)(O)OP(=O)(O)OP(=O)(O)O)O2)c2ncnc(N)c12)NC(=O)N[C@H](C=O)CS. The highest BCUT2D eigenvalue weighted by atomic mass is 33.1. The molecule has 4 amide bonds. The van der Waals surface area contributed by atoms with Crippen LogP contribution in [0.15, 0.2) is 12.5 Å². The Morgan fingerprint density at radius 1 is 1.09 bits per heavy atom. The van der Waals surface area contributed by atoms with Crippen LogP contribution in [0.2, 0.25) is 0 Å². The van der Waals surface area contributed by atoms with Gasteiger partial charge < -0.3 is 65.8 Å². The molecule has 0 radical (unpaired) electrons. The second-order valence-electron chi connectivity index (χ2n) is 12.4. The van der Waals surface area contributed by atoms with Gasteiger partial charge in [-0.25, -0.2) is 28.5 Å². The van der Waals surface area contributed by atoms with Gasteiger partial charge in [0.25, 0.3) is 0 Å². The van der Waals surface area contributed by atoms with Crippen molar-refractivity contribution in [3.8, 4) is 0 Å². The highest BCUT2D eigenvalue weighted by Crippen LogP contribution is 2.66. The molecule has 2 aromatic heterocycles. The average Bonchev–Trinajstić information content (AvgIpc) is 3.70. The fourth-order valence-corrected chi connectivity index (χ4v) is 10.6. The Kier molecular flexibility index (Phi) is 20.4. The van der Waals surface area contributed by atoms with Crippen LogP contribution in [-0.2, 0) is 52.5 Å². The number of phosphoric ester groups is 1. The summed E-state index contributed by atoms with van der Waals surface area (Å²) in [7, 11) is -14.2. The lowest BCUT2D eigenvalue weighted by Gasteiger charge is -2.19. The summed E-state index contributed by atoms with van der Waals surface area (Å²) in [4.78, 5) is 94.0. The molecule has 1 saturated heterocycles. The molecule has 1 aliphatic rings. The number of carbonyl (C=O) groups is 4. The summed E-state index contributed by atoms with van der Waals surface area (Å²) in [6, 6.07) is -2.45. The van der Waals surface area contributed by atoms with Crippen LogP contribution in [0.25, 0.3) is 11.0 Å². The molecule has 1 aliphatic heterocycles. The molecule has 0 bridgehead atoms. The minimum absolute atomic E-state index is 0.0317. The van der Waals surface area contributed by atoms with Gasteiger partial charge in [-0.05, 0) is 6.42 Å². The van der Waals surface area contributed by atoms with Crippen LogP contribution in [0.5, 0.6) is 0 Å². The van der Waals surface area contributed by atoms with Gasteiger partial charge in [-0.2, -0.15) is 21.3 Å². The van der Waals surface area contributed by atoms with E-state index < -0.39 is 66.6 Å². The fraction of sp³-hybridized carbons (Fsp3) is 0.643. The zero-order chi connectivity index (χ0) is 43.1. The summed E-state index contributed by atoms with van der Waals surface area (Å²) in [5.74, 6) is -0.0688. The van der Waals surface area contributed by atoms with E-state index in [4.69, 9.17) is 20.3 Å². The van der Waals surface area contributed by atoms with Gasteiger partial charge in [0.15, 0.2) is 0 Å². The lowest BCUT2D eigenvalue weighted by atomic mass is 10.2. The molecule has 1 fully saturated rings. The number of anilines is 1. The Hall–Kier alpha value is -2.32. The van der Waals surface area contributed by atoms with Crippen molar-refractivity contribution < 1.29 is 75.4 Å². The van der Waals surface area contributed by atoms with Gasteiger partial charge in [-0.15, -0.1) is 0 Å². The minimum Gasteiger partial charge on any atom is -0.390 e. The van der Waals surface area contributed by atoms with Crippen LogP contribution in [0, 0.1) is 0 Å². The molecule has 328 valence electrons. The van der Waals surface area contributed by atoms with Crippen molar-refractivity contribution in [3.63, 3.8) is 0 Å². The van der Waals surface area contributed by atoms with Gasteiger partial charge >= 0.3 is 29.5 Å². The number of nitrogens with one attached hydrogen (secondary N) is 4. The average molecular weight is 941 g/mol. The van der Waals surface area contributed by atoms with Crippen molar-refractivity contribution in [2.24, 2.45) is 0 Å². The van der Waals surface area contributed by atoms with E-state index in [1.807, 2.05) is 0 Å². The number of rotatable bonds is 26. The largest absolute Gasteiger partial charge is 0.490 e. The fourth-order valence-electron chi connectivity index (χ4n) is 5.20. The molecule has 3 rings (SSSR count). The molecule has 6 unspecified atom stereocenters. The maximum atomic E-state index is 12.9. The van der Waals surface area contributed by atoms with Crippen LogP contribution in [0.1, 0.15) is 57.2 Å². The number of aliphatic hydroxyl groups is 1. The summed E-state index contributed by atoms with van der Waals surface area (Å²) in [6.45, 7) is 1.60. The number of thiol groups is 1. The Bertz CT molecular complexity index is 1860. The normalized spacial score (nSPS) is 20.1. The number of aliphatic hydroxyl groups excluding tert-OH is 1. The van der Waals surface area contributed by atoms with E-state index in [2.05, 4.69) is 63.9 Å². The maximum Gasteiger partial charge on any atom is 0.490 e. The number of aromatic nitrogens is 3. The monoisotopic (exact) mass is 940 g/mol. The Morgan fingerprint density at radius 2 is 1.83 bits per heavy atom. The van der Waals surface area contributed by atoms with Crippen molar-refractivity contribution in [1.82, 2.24) is 35.8 Å². The Morgan fingerprint density at radius 3 is 2.50 bits per heavy atom. The second-order valence-corrected chi connectivity index (χ2v) is 19.8. The zero-order valence-corrected chi connectivity index (χ0v) is 36.1. The van der Waals surface area contributed by atoms with Crippen molar-refractivity contribution >= 4 is 98.7 Å². The van der Waals surface area contributed by atoms with Gasteiger partial charge in [-0.1, -0.05) is 47.8 Å². The number of hydrogen-bond donors (Lipinski definition) is 11. The smallest absolute Gasteiger partial charge is 0.390 e. The first-order valence-electron chi connectivity index (χ1n) is 17.4. The number of hydrogen-bond acceptors (Lipinski definition) is 18. The molecule has 11 N–H and O–H groups in total. The predicted molar refractivity (Wildman–Crippen MR) is 214 cm³/mol. The van der Waals surface area contributed by atoms with Gasteiger partial charge in [-0.3, -0.25) is 14.1 Å². The van der Waals surface area contributed by atoms with Gasteiger partial charge in [0.05, 0.1) is 24.1 Å². The number of urea groups is 1. The van der Waals surface area contributed by atoms with Crippen LogP contribution in [0.4, 0.5) is 10.6 Å². The molecule has 24 nitrogen and oxygen atoms in total. The van der Waals surface area contributed by atoms with E-state index in [1.54, 1.807) is 6.20 Å². The van der Waals surface area contributed by atoms with Crippen molar-refractivity contribution in [2.75, 3.05) is 36.1 Å². The number of unbranched alkanes of at least 4 members (excludes halogenated alkanes) is 3. The van der Waals surface area contributed by atoms with E-state index in [1.165, 1.54) is 32.5 Å². The zero-order valence-electron chi connectivity index (χ0n) is 30.9. The third-order valence-corrected chi connectivity index (χ3v) is 14.5. The summed E-state index contributed by atoms with van der Waals surface area (Å²) in [6.07, 6.45) is 3.42. The van der Waals surface area contributed by atoms with Crippen LogP contribution in [-0.4, -0.2) is 118 Å². The number of nitrogens with two attached hydrogens (primary N) is 1. The van der Waals surface area contributed by atoms with Crippen molar-refractivity contribution in [2.45, 2.75) is 82.5 Å². The van der Waals surface area contributed by atoms with Crippen LogP contribution < -0.4 is 27.0 Å². The number of ether oxygens (including phenoxy) is 1. The van der Waals surface area contributed by atoms with E-state index in [9.17, 15) is 47.8 Å². The quantitative estimate of drug-likeness (QED) is 0.0208. The molecule has 30 heteroatoms. The summed E-state index contributed by atoms with van der Waals surface area (Å²) >= 11 is 4.01. The molecule has 0 saturated carbocycles. The van der Waals surface area contributed by atoms with Gasteiger partial charge in [0, 0.05) is 55.0 Å². The minimum atomic E-state index is -5.75. The number of fused-ring (bicyclic) bond motifs is 1. The first kappa shape index (κ1) is 50.0. The first-order chi connectivity index (χ1) is 27.3. The Labute approximate surface area is 345 Å². The molecular formula is C28H47N8O16P3S3. The van der Waals surface area contributed by atoms with E-state index in [-0.39, 0.29) is 54.2 Å². The molecule has 58 heavy (non-hydrogen) atoms. The number of aldehydes is 1. The van der Waals surface area contributed by atoms with E-state index in [0.717, 1.165) is 25.7 Å². The Balaban J connectivity index is 1.55. The highest BCUT2D eigenvalue weighted by molar-refractivity contribution is 8.76. The summed E-state index contributed by atoms with van der Waals surface area (Å²) in [5, 5.41) is 21.6. The van der Waals surface area contributed by atoms with Crippen LogP contribution in [0.3, 0.4) is 0 Å². The molecule has 7 atom stereocenters. The molecule has 2 aromatic rings. The topological polar surface area (TPSA) is 362 Å². The number of phosphoric acid groups is 3. The van der Waals surface area contributed by atoms with E-state index >= 15 is 0 Å². The summed E-state index contributed by atoms with van der Waals surface area (Å²) in [5.41, 5.74) is 6.87. The molecule has 3 heterocycles. The number of nitrogen functional groups attached to an aromatic ring is 1. The van der Waals surface area contributed by atoms with Crippen molar-refractivity contribution in [3.05, 3.63) is 18.1 Å². The predicted octanol–water partition coefficient (Wildman–Crippen LogP) is 1.25. The standard InChI is InChI=1S/C28H47N8O16P3S3/c1-2-3-4-5-7-30-27(40)19(35-28(41)34-18(12-37)14-56)15-58-57-8-6-22(39)31-10-17-11-36(26-24(17)25(29)32-16-33-26)23-9-20(38)21(50-23)13-49-54(45,46)52-55(47,48)51-53(42,43)44/h11-12,16,18-21,23,38,56H,2-10,13-15H2,1H3,(H,30,40)(H,31,39)(H,45,46)(H,47,48)(H2,29,32,33)(H2,34,35,41)(H2,42,43,44)/t18-,19?,20?,21?,23?/m1/s1. The molecule has 0 spiro atoms. The van der Waals surface area contributed by atoms with Crippen LogP contribution >= 0.6 is 57.7 Å². The highest BCUT2D eigenvalue weighted by Gasteiger charge is 2.43. The van der Waals surface area contributed by atoms with E-state index in [0.29, 0.717) is 29.5 Å². The number of amides is 4. The lowest BCUT2D eigenvalue weighted by Crippen LogP contribution is -2.53. The van der Waals surface area contributed by atoms with Crippen molar-refractivity contribution in [1.29, 1.82) is 0 Å². The number of nitrogens with zero attached hydrogens (tertiary/aromatic N) is 3. The maximum absolute atomic E-state index is 12.9. The lowest BCUT2D eigenvalue weighted by molar-refractivity contribution is -0.122. The number of carbonyl (C=O) groups excluding carboxylic acids is 4. The molecule has 0 aliphatic carbocycles. The third kappa shape index (κ3) is 17.0. The van der Waals surface area contributed by atoms with Gasteiger partial charge in [0.2, 0.25) is 11.8 Å². The first-order valence-corrected chi connectivity index (χ1v) is 25.1. The molecular weight excluding hydrogens is 893 g/mol. The van der Waals surface area contributed by atoms with Gasteiger partial charge in [0.1, 0.15) is 42.5 Å². The summed E-state index contributed by atoms with van der Waals surface area (Å²) < 4.78 is 53.9. The second kappa shape index (κ2) is 23.6.